The molecule has 2 heterocycles. The molecule has 1 fully saturated rings. The van der Waals surface area contributed by atoms with Gasteiger partial charge in [0.1, 0.15) is 10.8 Å². The van der Waals surface area contributed by atoms with Crippen LogP contribution in [0.25, 0.3) is 0 Å². The Morgan fingerprint density at radius 2 is 2.20 bits per heavy atom. The first-order chi connectivity index (χ1) is 11.9. The van der Waals surface area contributed by atoms with E-state index in [2.05, 4.69) is 14.8 Å². The predicted octanol–water partition coefficient (Wildman–Crippen LogP) is 2.43. The average molecular weight is 360 g/mol. The summed E-state index contributed by atoms with van der Waals surface area (Å²) in [5.41, 5.74) is 7.41. The number of carbonyl (C=O) groups excluding carboxylic acids is 1. The molecule has 1 unspecified atom stereocenters. The van der Waals surface area contributed by atoms with Crippen molar-refractivity contribution in [3.8, 4) is 5.75 Å². The van der Waals surface area contributed by atoms with Crippen LogP contribution in [0, 0.1) is 13.8 Å². The molecule has 25 heavy (non-hydrogen) atoms. The number of thiazole rings is 1. The molecule has 0 spiro atoms. The van der Waals surface area contributed by atoms with Crippen LogP contribution in [0.1, 0.15) is 23.5 Å². The minimum Gasteiger partial charge on any atom is -0.508 e. The topological polar surface area (TPSA) is 82.7 Å². The van der Waals surface area contributed by atoms with Gasteiger partial charge in [-0.05, 0) is 32.4 Å². The third kappa shape index (κ3) is 4.04. The van der Waals surface area contributed by atoms with E-state index in [1.165, 1.54) is 5.00 Å². The highest BCUT2D eigenvalue weighted by Gasteiger charge is 2.29. The summed E-state index contributed by atoms with van der Waals surface area (Å²) in [5.74, 6) is -0.0275. The molecule has 134 valence electrons. The maximum Gasteiger partial charge on any atom is 0.217 e. The molecule has 1 aromatic carbocycles. The van der Waals surface area contributed by atoms with E-state index in [1.54, 1.807) is 23.5 Å². The van der Waals surface area contributed by atoms with E-state index in [1.807, 2.05) is 26.0 Å². The van der Waals surface area contributed by atoms with Gasteiger partial charge in [0.2, 0.25) is 5.91 Å². The van der Waals surface area contributed by atoms with Gasteiger partial charge in [0.25, 0.3) is 0 Å². The van der Waals surface area contributed by atoms with E-state index in [0.29, 0.717) is 12.8 Å². The van der Waals surface area contributed by atoms with Crippen LogP contribution in [0.3, 0.4) is 0 Å². The molecule has 1 atom stereocenters. The van der Waals surface area contributed by atoms with Gasteiger partial charge in [-0.25, -0.2) is 4.98 Å². The zero-order valence-electron chi connectivity index (χ0n) is 14.6. The number of anilines is 2. The van der Waals surface area contributed by atoms with E-state index < -0.39 is 0 Å². The summed E-state index contributed by atoms with van der Waals surface area (Å²) in [6, 6.07) is 7.44. The Hall–Kier alpha value is -2.28. The Bertz CT molecular complexity index is 761. The second-order valence-corrected chi connectivity index (χ2v) is 7.62. The summed E-state index contributed by atoms with van der Waals surface area (Å²) in [4.78, 5) is 20.4. The Kier molecular flexibility index (Phi) is 5.13. The molecule has 1 amide bonds. The molecule has 2 aromatic rings. The Labute approximate surface area is 151 Å². The van der Waals surface area contributed by atoms with Gasteiger partial charge in [0, 0.05) is 43.9 Å². The van der Waals surface area contributed by atoms with Crippen molar-refractivity contribution >= 4 is 27.9 Å². The molecule has 1 aromatic heterocycles. The molecule has 1 aliphatic heterocycles. The molecule has 0 bridgehead atoms. The molecule has 1 saturated heterocycles. The highest BCUT2D eigenvalue weighted by atomic mass is 32.1. The number of aromatic hydroxyl groups is 1. The Morgan fingerprint density at radius 3 is 2.84 bits per heavy atom. The predicted molar refractivity (Wildman–Crippen MR) is 101 cm³/mol. The van der Waals surface area contributed by atoms with Gasteiger partial charge in [0.05, 0.1) is 10.7 Å². The molecule has 0 saturated carbocycles. The van der Waals surface area contributed by atoms with Crippen LogP contribution in [0.15, 0.2) is 24.3 Å². The number of aromatic nitrogens is 1. The van der Waals surface area contributed by atoms with Crippen LogP contribution in [-0.4, -0.2) is 41.7 Å². The molecule has 1 aliphatic rings. The fraction of sp³-hybridized carbons (Fsp3) is 0.444. The van der Waals surface area contributed by atoms with Crippen molar-refractivity contribution in [1.82, 2.24) is 4.98 Å². The van der Waals surface area contributed by atoms with Crippen LogP contribution < -0.4 is 15.5 Å². The molecule has 0 aliphatic carbocycles. The molecular weight excluding hydrogens is 336 g/mol. The lowest BCUT2D eigenvalue weighted by atomic mass is 10.0. The number of benzene rings is 1. The molecule has 7 heteroatoms. The zero-order valence-corrected chi connectivity index (χ0v) is 15.4. The lowest BCUT2D eigenvalue weighted by Gasteiger charge is -2.43. The minimum absolute atomic E-state index is 0.157. The lowest BCUT2D eigenvalue weighted by Crippen LogP contribution is -2.53. The number of rotatable bonds is 5. The minimum atomic E-state index is -0.280. The molecule has 6 nitrogen and oxygen atoms in total. The van der Waals surface area contributed by atoms with Crippen molar-refractivity contribution in [2.45, 2.75) is 32.7 Å². The summed E-state index contributed by atoms with van der Waals surface area (Å²) in [5, 5.41) is 12.1. The number of primary amides is 1. The van der Waals surface area contributed by atoms with Crippen molar-refractivity contribution in [3.63, 3.8) is 0 Å². The van der Waals surface area contributed by atoms with Crippen LogP contribution >= 0.6 is 11.3 Å². The summed E-state index contributed by atoms with van der Waals surface area (Å²) in [6.07, 6.45) is 1.05. The number of phenolic OH excluding ortho intramolecular Hbond substituents is 1. The number of carbonyl (C=O) groups is 1. The summed E-state index contributed by atoms with van der Waals surface area (Å²) >= 11 is 1.71. The Morgan fingerprint density at radius 1 is 1.40 bits per heavy atom. The number of nitrogens with two attached hydrogens (primary N) is 1. The lowest BCUT2D eigenvalue weighted by molar-refractivity contribution is -0.118. The standard InChI is InChI=1S/C18H24N4O2S/c1-12-18(25-13(2)20-12)21-8-9-22(14-4-3-5-16(23)10-14)15(11-21)6-7-17(19)24/h3-5,10,15,23H,6-9,11H2,1-2H3,(H2,19,24). The number of aryl methyl sites for hydroxylation is 2. The van der Waals surface area contributed by atoms with Crippen molar-refractivity contribution < 1.29 is 9.90 Å². The largest absolute Gasteiger partial charge is 0.508 e. The van der Waals surface area contributed by atoms with Gasteiger partial charge in [-0.2, -0.15) is 0 Å². The van der Waals surface area contributed by atoms with Crippen molar-refractivity contribution in [1.29, 1.82) is 0 Å². The molecule has 3 N–H and O–H groups in total. The summed E-state index contributed by atoms with van der Waals surface area (Å²) in [6.45, 7) is 6.58. The van der Waals surface area contributed by atoms with E-state index >= 15 is 0 Å². The highest BCUT2D eigenvalue weighted by Crippen LogP contribution is 2.32. The highest BCUT2D eigenvalue weighted by molar-refractivity contribution is 7.15. The number of nitrogens with zero attached hydrogens (tertiary/aromatic N) is 3. The summed E-state index contributed by atoms with van der Waals surface area (Å²) < 4.78 is 0. The van der Waals surface area contributed by atoms with Gasteiger partial charge < -0.3 is 20.6 Å². The Balaban J connectivity index is 1.83. The number of hydrogen-bond acceptors (Lipinski definition) is 6. The third-order valence-corrected chi connectivity index (χ3v) is 5.67. The normalized spacial score (nSPS) is 17.8. The molecule has 0 radical (unpaired) electrons. The first-order valence-electron chi connectivity index (χ1n) is 8.47. The smallest absolute Gasteiger partial charge is 0.217 e. The zero-order chi connectivity index (χ0) is 18.0. The van der Waals surface area contributed by atoms with Crippen molar-refractivity contribution in [2.24, 2.45) is 5.73 Å². The SMILES string of the molecule is Cc1nc(C)c(N2CCN(c3cccc(O)c3)C(CCC(N)=O)C2)s1. The maximum atomic E-state index is 11.3. The van der Waals surface area contributed by atoms with Crippen molar-refractivity contribution in [3.05, 3.63) is 35.0 Å². The first-order valence-corrected chi connectivity index (χ1v) is 9.28. The van der Waals surface area contributed by atoms with Crippen LogP contribution in [0.2, 0.25) is 0 Å². The van der Waals surface area contributed by atoms with Crippen LogP contribution in [-0.2, 0) is 4.79 Å². The number of hydrogen-bond donors (Lipinski definition) is 2. The second kappa shape index (κ2) is 7.31. The summed E-state index contributed by atoms with van der Waals surface area (Å²) in [7, 11) is 0. The number of phenols is 1. The van der Waals surface area contributed by atoms with Crippen LogP contribution in [0.5, 0.6) is 5.75 Å². The first kappa shape index (κ1) is 17.5. The second-order valence-electron chi connectivity index (χ2n) is 6.44. The van der Waals surface area contributed by atoms with Crippen molar-refractivity contribution in [2.75, 3.05) is 29.4 Å². The van der Waals surface area contributed by atoms with Gasteiger partial charge in [-0.15, -0.1) is 11.3 Å². The van der Waals surface area contributed by atoms with Gasteiger partial charge >= 0.3 is 0 Å². The van der Waals surface area contributed by atoms with Gasteiger partial charge in [-0.1, -0.05) is 6.07 Å². The average Bonchev–Trinajstić information content (AvgIpc) is 2.91. The fourth-order valence-electron chi connectivity index (χ4n) is 3.42. The van der Waals surface area contributed by atoms with Gasteiger partial charge in [0.15, 0.2) is 0 Å². The van der Waals surface area contributed by atoms with E-state index in [4.69, 9.17) is 5.73 Å². The quantitative estimate of drug-likeness (QED) is 0.856. The monoisotopic (exact) mass is 360 g/mol. The third-order valence-electron chi connectivity index (χ3n) is 4.53. The van der Waals surface area contributed by atoms with Gasteiger partial charge in [-0.3, -0.25) is 4.79 Å². The van der Waals surface area contributed by atoms with E-state index in [-0.39, 0.29) is 17.7 Å². The number of amides is 1. The van der Waals surface area contributed by atoms with E-state index in [9.17, 15) is 9.90 Å². The van der Waals surface area contributed by atoms with E-state index in [0.717, 1.165) is 36.0 Å². The maximum absolute atomic E-state index is 11.3. The van der Waals surface area contributed by atoms with Crippen LogP contribution in [0.4, 0.5) is 10.7 Å². The fourth-order valence-corrected chi connectivity index (χ4v) is 4.37. The molecule has 3 rings (SSSR count). The molecular formula is C18H24N4O2S. The number of piperazine rings is 1.